The first-order valence-corrected chi connectivity index (χ1v) is 23.9. The van der Waals surface area contributed by atoms with Crippen LogP contribution in [0, 0.1) is 0 Å². The van der Waals surface area contributed by atoms with E-state index in [0.29, 0.717) is 17.2 Å². The Morgan fingerprint density at radius 1 is 0.467 bits per heavy atom. The molecular weight excluding hydrogens is 960 g/mol. The Morgan fingerprint density at radius 2 is 0.840 bits per heavy atom. The second kappa shape index (κ2) is 27.3. The molecule has 0 aliphatic rings. The SMILES string of the molecule is C.CN(C)c1ccc(-c2ccc3cc(OCC(O)CF)ccc3n2)cc1.CN(C)c1ccc(-c2ccc3cc(OCC(O)CF)ccc3n2)cn1.CNc1ccc(-c2ccc3cc(OCC(O)CF)ccc3n2)cc1. The van der Waals surface area contributed by atoms with E-state index in [9.17, 15) is 28.5 Å². The highest BCUT2D eigenvalue weighted by atomic mass is 19.1. The summed E-state index contributed by atoms with van der Waals surface area (Å²) in [6, 6.07) is 48.4. The summed E-state index contributed by atoms with van der Waals surface area (Å²) in [5.74, 6) is 2.64. The number of alkyl halides is 3. The van der Waals surface area contributed by atoms with Gasteiger partial charge in [0.1, 0.15) is 81.2 Å². The number of anilines is 3. The lowest BCUT2D eigenvalue weighted by molar-refractivity contribution is 0.0842. The predicted octanol–water partition coefficient (Wildman–Crippen LogP) is 11.0. The fraction of sp³-hybridized carbons (Fsp3) is 0.254. The summed E-state index contributed by atoms with van der Waals surface area (Å²) < 4.78 is 53.0. The van der Waals surface area contributed by atoms with Gasteiger partial charge in [-0.25, -0.2) is 33.1 Å². The van der Waals surface area contributed by atoms with Gasteiger partial charge in [0.05, 0.1) is 33.6 Å². The lowest BCUT2D eigenvalue weighted by atomic mass is 10.1. The van der Waals surface area contributed by atoms with Gasteiger partial charge in [0.15, 0.2) is 0 Å². The molecule has 0 radical (unpaired) electrons. The predicted molar refractivity (Wildman–Crippen MR) is 297 cm³/mol. The topological polar surface area (TPSA) is 158 Å². The van der Waals surface area contributed by atoms with Crippen molar-refractivity contribution in [1.82, 2.24) is 19.9 Å². The van der Waals surface area contributed by atoms with Crippen molar-refractivity contribution in [2.24, 2.45) is 0 Å². The molecule has 4 heterocycles. The maximum absolute atomic E-state index is 12.3. The first-order valence-electron chi connectivity index (χ1n) is 23.9. The van der Waals surface area contributed by atoms with Crippen molar-refractivity contribution < 1.29 is 42.7 Å². The molecule has 0 aliphatic carbocycles. The highest BCUT2D eigenvalue weighted by molar-refractivity contribution is 5.85. The highest BCUT2D eigenvalue weighted by Crippen LogP contribution is 2.29. The van der Waals surface area contributed by atoms with Gasteiger partial charge in [-0.3, -0.25) is 0 Å². The number of fused-ring (bicyclic) bond motifs is 3. The van der Waals surface area contributed by atoms with Crippen LogP contribution in [0.1, 0.15) is 7.43 Å². The van der Waals surface area contributed by atoms with Gasteiger partial charge in [0.2, 0.25) is 0 Å². The van der Waals surface area contributed by atoms with E-state index >= 15 is 0 Å². The zero-order chi connectivity index (χ0) is 52.6. The number of hydrogen-bond donors (Lipinski definition) is 4. The van der Waals surface area contributed by atoms with E-state index in [1.165, 1.54) is 0 Å². The number of pyridine rings is 4. The minimum Gasteiger partial charge on any atom is -0.491 e. The molecule has 75 heavy (non-hydrogen) atoms. The maximum atomic E-state index is 12.3. The monoisotopic (exact) mass is 1020 g/mol. The van der Waals surface area contributed by atoms with Gasteiger partial charge >= 0.3 is 0 Å². The summed E-state index contributed by atoms with van der Waals surface area (Å²) in [6.07, 6.45) is -1.49. The Balaban J connectivity index is 0.000000182. The molecule has 4 N–H and O–H groups in total. The first-order chi connectivity index (χ1) is 35.8. The number of aliphatic hydroxyl groups excluding tert-OH is 3. The molecule has 0 aliphatic heterocycles. The molecule has 392 valence electrons. The van der Waals surface area contributed by atoms with E-state index in [2.05, 4.69) is 49.4 Å². The quantitative estimate of drug-likeness (QED) is 0.0644. The number of benzene rings is 5. The number of rotatable bonds is 18. The summed E-state index contributed by atoms with van der Waals surface area (Å²) >= 11 is 0. The fourth-order valence-electron chi connectivity index (χ4n) is 7.31. The normalized spacial score (nSPS) is 12.0. The second-order valence-corrected chi connectivity index (χ2v) is 17.6. The van der Waals surface area contributed by atoms with Crippen LogP contribution in [0.2, 0.25) is 0 Å². The number of nitrogens with zero attached hydrogens (tertiary/aromatic N) is 6. The van der Waals surface area contributed by atoms with Gasteiger partial charge in [-0.2, -0.15) is 0 Å². The third kappa shape index (κ3) is 15.7. The van der Waals surface area contributed by atoms with Crippen molar-refractivity contribution in [3.8, 4) is 51.0 Å². The van der Waals surface area contributed by atoms with Gasteiger partial charge in [0, 0.05) is 85.7 Å². The summed E-state index contributed by atoms with van der Waals surface area (Å²) in [5.41, 5.74) is 10.4. The highest BCUT2D eigenvalue weighted by Gasteiger charge is 2.11. The smallest absolute Gasteiger partial charge is 0.127 e. The standard InChI is InChI=1S/C20H21FN2O2.C19H20FN3O2.C19H19FN2O2.CH4/c1-23(2)16-6-3-14(4-7-16)19-9-5-15-11-18(8-10-20(15)22-19)25-13-17(24)12-21;1-23(2)19-8-4-14(11-21-19)18-6-3-13-9-16(5-7-17(13)22-18)25-12-15(24)10-20;1-21-15-5-2-13(3-6-15)18-8-4-14-10-17(7-9-19(14)22-18)24-12-16(23)11-20;/h3-11,17,24H,12-13H2,1-2H3;3-9,11,15,24H,10,12H2,1-2H3;2-10,16,21,23H,11-12H2,1H3;1H4. The molecule has 0 amide bonds. The van der Waals surface area contributed by atoms with E-state index in [1.54, 1.807) is 24.4 Å². The van der Waals surface area contributed by atoms with Crippen LogP contribution in [0.15, 0.2) is 158 Å². The summed E-state index contributed by atoms with van der Waals surface area (Å²) in [6.45, 7) is -2.65. The Kier molecular flexibility index (Phi) is 20.5. The van der Waals surface area contributed by atoms with Gasteiger partial charge < -0.3 is 44.6 Å². The third-order valence-corrected chi connectivity index (χ3v) is 11.5. The van der Waals surface area contributed by atoms with Crippen molar-refractivity contribution >= 4 is 49.9 Å². The molecule has 16 heteroatoms. The molecule has 4 aromatic heterocycles. The molecular formula is C59H64F3N7O6. The fourth-order valence-corrected chi connectivity index (χ4v) is 7.31. The molecule has 0 fully saturated rings. The average molecular weight is 1020 g/mol. The van der Waals surface area contributed by atoms with Gasteiger partial charge in [-0.15, -0.1) is 0 Å². The molecule has 9 rings (SSSR count). The summed E-state index contributed by atoms with van der Waals surface area (Å²) in [4.78, 5) is 22.4. The summed E-state index contributed by atoms with van der Waals surface area (Å²) in [5, 5.41) is 33.5. The average Bonchev–Trinajstić information content (AvgIpc) is 3.45. The lowest BCUT2D eigenvalue weighted by Crippen LogP contribution is -2.19. The Labute approximate surface area is 435 Å². The van der Waals surface area contributed by atoms with Crippen LogP contribution >= 0.6 is 0 Å². The molecule has 0 saturated carbocycles. The zero-order valence-corrected chi connectivity index (χ0v) is 41.9. The van der Waals surface area contributed by atoms with Crippen molar-refractivity contribution in [3.63, 3.8) is 0 Å². The van der Waals surface area contributed by atoms with Gasteiger partial charge in [-0.05, 0) is 109 Å². The second-order valence-electron chi connectivity index (χ2n) is 17.6. The Hall–Kier alpha value is -8.05. The van der Waals surface area contributed by atoms with Crippen LogP contribution < -0.4 is 29.3 Å². The van der Waals surface area contributed by atoms with Crippen molar-refractivity contribution in [2.45, 2.75) is 25.7 Å². The lowest BCUT2D eigenvalue weighted by Gasteiger charge is -2.13. The number of aliphatic hydroxyl groups is 3. The molecule has 5 aromatic carbocycles. The number of nitrogens with one attached hydrogen (secondary N) is 1. The van der Waals surface area contributed by atoms with Crippen molar-refractivity contribution in [1.29, 1.82) is 0 Å². The third-order valence-electron chi connectivity index (χ3n) is 11.5. The van der Waals surface area contributed by atoms with E-state index in [0.717, 1.165) is 83.7 Å². The van der Waals surface area contributed by atoms with E-state index in [-0.39, 0.29) is 27.2 Å². The van der Waals surface area contributed by atoms with Crippen molar-refractivity contribution in [2.75, 3.05) is 90.2 Å². The number of hydrogen-bond acceptors (Lipinski definition) is 13. The van der Waals surface area contributed by atoms with Crippen LogP contribution in [-0.4, -0.2) is 129 Å². The molecule has 13 nitrogen and oxygen atoms in total. The Morgan fingerprint density at radius 3 is 1.17 bits per heavy atom. The van der Waals surface area contributed by atoms with Crippen molar-refractivity contribution in [3.05, 3.63) is 158 Å². The largest absolute Gasteiger partial charge is 0.491 e. The van der Waals surface area contributed by atoms with Crippen LogP contribution in [0.25, 0.3) is 66.5 Å². The number of halogens is 3. The maximum Gasteiger partial charge on any atom is 0.127 e. The van der Waals surface area contributed by atoms with Gasteiger partial charge in [0.25, 0.3) is 0 Å². The van der Waals surface area contributed by atoms with E-state index in [4.69, 9.17) is 19.2 Å². The van der Waals surface area contributed by atoms with E-state index < -0.39 is 38.3 Å². The van der Waals surface area contributed by atoms with Crippen LogP contribution in [0.3, 0.4) is 0 Å². The molecule has 0 spiro atoms. The van der Waals surface area contributed by atoms with Crippen LogP contribution in [0.5, 0.6) is 17.2 Å². The first kappa shape index (κ1) is 56.2. The number of ether oxygens (including phenoxy) is 3. The minimum atomic E-state index is -1.10. The molecule has 0 saturated heterocycles. The molecule has 3 atom stereocenters. The molecule has 9 aromatic rings. The van der Waals surface area contributed by atoms with Crippen LogP contribution in [0.4, 0.5) is 30.4 Å². The van der Waals surface area contributed by atoms with Crippen LogP contribution in [-0.2, 0) is 0 Å². The van der Waals surface area contributed by atoms with E-state index in [1.807, 2.05) is 149 Å². The molecule has 0 bridgehead atoms. The summed E-state index contributed by atoms with van der Waals surface area (Å²) in [7, 11) is 9.80. The minimum absolute atomic E-state index is 0. The number of aromatic nitrogens is 4. The zero-order valence-electron chi connectivity index (χ0n) is 41.9. The Bertz CT molecular complexity index is 3060. The molecule has 3 unspecified atom stereocenters. The van der Waals surface area contributed by atoms with Gasteiger partial charge in [-0.1, -0.05) is 49.9 Å².